The number of rotatable bonds is 2. The lowest BCUT2D eigenvalue weighted by Gasteiger charge is -2.07. The van der Waals surface area contributed by atoms with Crippen LogP contribution in [0.4, 0.5) is 0 Å². The van der Waals surface area contributed by atoms with Crippen LogP contribution in [0.15, 0.2) is 23.2 Å². The van der Waals surface area contributed by atoms with Gasteiger partial charge in [0.05, 0.1) is 6.04 Å². The Morgan fingerprint density at radius 2 is 2.00 bits per heavy atom. The van der Waals surface area contributed by atoms with E-state index in [4.69, 9.17) is 0 Å². The monoisotopic (exact) mass is 175 g/mol. The van der Waals surface area contributed by atoms with Crippen LogP contribution in [0.2, 0.25) is 0 Å². The third-order valence-corrected chi connectivity index (χ3v) is 2.26. The molecule has 1 atom stereocenters. The van der Waals surface area contributed by atoms with Crippen molar-refractivity contribution >= 4 is 6.08 Å². The van der Waals surface area contributed by atoms with Crippen molar-refractivity contribution in [3.63, 3.8) is 0 Å². The predicted molar refractivity (Wildman–Crippen MR) is 52.5 cm³/mol. The zero-order valence-corrected chi connectivity index (χ0v) is 8.16. The summed E-state index contributed by atoms with van der Waals surface area (Å²) < 4.78 is 0. The molecule has 1 aromatic rings. The Hall–Kier alpha value is -1.40. The van der Waals surface area contributed by atoms with Crippen LogP contribution in [-0.2, 0) is 4.79 Å². The lowest BCUT2D eigenvalue weighted by molar-refractivity contribution is 0.559. The molecule has 13 heavy (non-hydrogen) atoms. The molecule has 0 aliphatic carbocycles. The van der Waals surface area contributed by atoms with E-state index in [-0.39, 0.29) is 6.04 Å². The van der Waals surface area contributed by atoms with Gasteiger partial charge < -0.3 is 0 Å². The Morgan fingerprint density at radius 3 is 2.54 bits per heavy atom. The lowest BCUT2D eigenvalue weighted by atomic mass is 10.0. The molecule has 0 aromatic heterocycles. The molecule has 0 aliphatic rings. The van der Waals surface area contributed by atoms with E-state index in [2.05, 4.69) is 24.9 Å². The molecule has 0 saturated carbocycles. The number of aryl methyl sites for hydroxylation is 2. The summed E-state index contributed by atoms with van der Waals surface area (Å²) in [7, 11) is 0. The molecule has 0 saturated heterocycles. The van der Waals surface area contributed by atoms with Gasteiger partial charge in [0, 0.05) is 0 Å². The number of aliphatic imine (C=N–C) groups is 1. The number of benzene rings is 1. The highest BCUT2D eigenvalue weighted by atomic mass is 16.1. The second-order valence-electron chi connectivity index (χ2n) is 3.24. The molecule has 0 N–H and O–H groups in total. The maximum absolute atomic E-state index is 10.0. The molecule has 68 valence electrons. The summed E-state index contributed by atoms with van der Waals surface area (Å²) in [5.41, 5.74) is 3.54. The van der Waals surface area contributed by atoms with Gasteiger partial charge in [-0.2, -0.15) is 4.99 Å². The van der Waals surface area contributed by atoms with Crippen molar-refractivity contribution in [2.45, 2.75) is 26.8 Å². The smallest absolute Gasteiger partial charge is 0.211 e. The molecular formula is C11H13NO. The third kappa shape index (κ3) is 2.27. The summed E-state index contributed by atoms with van der Waals surface area (Å²) in [6.07, 6.45) is 1.58. The molecule has 2 nitrogen and oxygen atoms in total. The Balaban J connectivity index is 3.03. The van der Waals surface area contributed by atoms with Crippen molar-refractivity contribution in [2.24, 2.45) is 4.99 Å². The van der Waals surface area contributed by atoms with Gasteiger partial charge in [0.15, 0.2) is 0 Å². The van der Waals surface area contributed by atoms with E-state index in [0.29, 0.717) is 0 Å². The van der Waals surface area contributed by atoms with Crippen molar-refractivity contribution in [1.29, 1.82) is 0 Å². The Bertz CT molecular complexity index is 351. The van der Waals surface area contributed by atoms with Crippen molar-refractivity contribution in [1.82, 2.24) is 0 Å². The number of isocyanates is 1. The highest BCUT2D eigenvalue weighted by Crippen LogP contribution is 2.18. The molecule has 2 heteroatoms. The van der Waals surface area contributed by atoms with E-state index < -0.39 is 0 Å². The summed E-state index contributed by atoms with van der Waals surface area (Å²) in [6.45, 7) is 6.00. The largest absolute Gasteiger partial charge is 0.235 e. The minimum atomic E-state index is -0.0863. The topological polar surface area (TPSA) is 29.4 Å². The maximum atomic E-state index is 10.0. The number of carbonyl (C=O) groups excluding carboxylic acids is 1. The van der Waals surface area contributed by atoms with Gasteiger partial charge in [-0.3, -0.25) is 0 Å². The van der Waals surface area contributed by atoms with Gasteiger partial charge in [0.1, 0.15) is 0 Å². The van der Waals surface area contributed by atoms with Crippen molar-refractivity contribution < 1.29 is 4.79 Å². The van der Waals surface area contributed by atoms with Crippen molar-refractivity contribution in [3.8, 4) is 0 Å². The van der Waals surface area contributed by atoms with E-state index in [1.54, 1.807) is 6.08 Å². The van der Waals surface area contributed by atoms with Crippen LogP contribution < -0.4 is 0 Å². The molecule has 0 aliphatic heterocycles. The molecular weight excluding hydrogens is 162 g/mol. The number of nitrogens with zero attached hydrogens (tertiary/aromatic N) is 1. The standard InChI is InChI=1S/C11H13NO/c1-8-4-5-11(6-9(8)2)10(3)12-7-13/h4-6,10H,1-3H3. The zero-order chi connectivity index (χ0) is 9.84. The summed E-state index contributed by atoms with van der Waals surface area (Å²) >= 11 is 0. The molecule has 1 unspecified atom stereocenters. The first-order valence-electron chi connectivity index (χ1n) is 4.29. The van der Waals surface area contributed by atoms with E-state index in [0.717, 1.165) is 5.56 Å². The highest BCUT2D eigenvalue weighted by Gasteiger charge is 2.03. The predicted octanol–water partition coefficient (Wildman–Crippen LogP) is 2.70. The molecule has 0 bridgehead atoms. The van der Waals surface area contributed by atoms with Crippen molar-refractivity contribution in [2.75, 3.05) is 0 Å². The molecule has 0 amide bonds. The van der Waals surface area contributed by atoms with Gasteiger partial charge in [-0.05, 0) is 37.5 Å². The van der Waals surface area contributed by atoms with Gasteiger partial charge in [-0.15, -0.1) is 0 Å². The SMILES string of the molecule is Cc1ccc(C(C)N=C=O)cc1C. The minimum Gasteiger partial charge on any atom is -0.211 e. The van der Waals surface area contributed by atoms with Gasteiger partial charge in [0.25, 0.3) is 0 Å². The fourth-order valence-corrected chi connectivity index (χ4v) is 1.18. The second kappa shape index (κ2) is 4.01. The minimum absolute atomic E-state index is 0.0863. The third-order valence-electron chi connectivity index (χ3n) is 2.26. The van der Waals surface area contributed by atoms with Crippen LogP contribution in [0.25, 0.3) is 0 Å². The van der Waals surface area contributed by atoms with E-state index in [1.807, 2.05) is 19.1 Å². The maximum Gasteiger partial charge on any atom is 0.235 e. The fraction of sp³-hybridized carbons (Fsp3) is 0.364. The average Bonchev–Trinajstić information content (AvgIpc) is 2.10. The van der Waals surface area contributed by atoms with E-state index >= 15 is 0 Å². The number of hydrogen-bond acceptors (Lipinski definition) is 2. The second-order valence-corrected chi connectivity index (χ2v) is 3.24. The van der Waals surface area contributed by atoms with Gasteiger partial charge >= 0.3 is 0 Å². The Morgan fingerprint density at radius 1 is 1.31 bits per heavy atom. The fourth-order valence-electron chi connectivity index (χ4n) is 1.18. The average molecular weight is 175 g/mol. The summed E-state index contributed by atoms with van der Waals surface area (Å²) in [6, 6.07) is 6.01. The Kier molecular flexibility index (Phi) is 2.99. The summed E-state index contributed by atoms with van der Waals surface area (Å²) in [5, 5.41) is 0. The molecule has 0 spiro atoms. The normalized spacial score (nSPS) is 11.9. The van der Waals surface area contributed by atoms with Gasteiger partial charge in [-0.1, -0.05) is 18.2 Å². The van der Waals surface area contributed by atoms with Crippen molar-refractivity contribution in [3.05, 3.63) is 34.9 Å². The lowest BCUT2D eigenvalue weighted by Crippen LogP contribution is -1.91. The summed E-state index contributed by atoms with van der Waals surface area (Å²) in [5.74, 6) is 0. The molecule has 0 fully saturated rings. The number of hydrogen-bond donors (Lipinski definition) is 0. The van der Waals surface area contributed by atoms with Crippen LogP contribution in [0.5, 0.6) is 0 Å². The van der Waals surface area contributed by atoms with Gasteiger partial charge in [-0.25, -0.2) is 4.79 Å². The molecule has 0 radical (unpaired) electrons. The van der Waals surface area contributed by atoms with E-state index in [9.17, 15) is 4.79 Å². The van der Waals surface area contributed by atoms with E-state index in [1.165, 1.54) is 11.1 Å². The highest BCUT2D eigenvalue weighted by molar-refractivity contribution is 5.37. The molecule has 1 aromatic carbocycles. The molecule has 0 heterocycles. The van der Waals surface area contributed by atoms with Crippen LogP contribution >= 0.6 is 0 Å². The quantitative estimate of drug-likeness (QED) is 0.502. The first kappa shape index (κ1) is 9.69. The zero-order valence-electron chi connectivity index (χ0n) is 8.16. The van der Waals surface area contributed by atoms with Crippen LogP contribution in [0.1, 0.15) is 29.7 Å². The van der Waals surface area contributed by atoms with Gasteiger partial charge in [0.2, 0.25) is 6.08 Å². The van der Waals surface area contributed by atoms with Crippen LogP contribution in [-0.4, -0.2) is 6.08 Å². The van der Waals surface area contributed by atoms with Crippen LogP contribution in [0.3, 0.4) is 0 Å². The first-order valence-corrected chi connectivity index (χ1v) is 4.29. The molecule has 1 rings (SSSR count). The first-order chi connectivity index (χ1) is 6.15. The summed E-state index contributed by atoms with van der Waals surface area (Å²) in [4.78, 5) is 13.7. The Labute approximate surface area is 78.3 Å². The van der Waals surface area contributed by atoms with Crippen LogP contribution in [0, 0.1) is 13.8 Å².